The van der Waals surface area contributed by atoms with Crippen molar-refractivity contribution in [1.82, 2.24) is 5.16 Å². The minimum Gasteiger partial charge on any atom is -0.366 e. The zero-order valence-electron chi connectivity index (χ0n) is 13.8. The summed E-state index contributed by atoms with van der Waals surface area (Å²) in [6, 6.07) is 11.6. The second-order valence-corrected chi connectivity index (χ2v) is 6.77. The SMILES string of the molecule is Cc1noc(C)c1C(=O)Nc1sc(Cc2ccccc2)cc1C(N)=O. The van der Waals surface area contributed by atoms with Crippen LogP contribution >= 0.6 is 11.3 Å². The van der Waals surface area contributed by atoms with Crippen LogP contribution in [0, 0.1) is 13.8 Å². The number of aryl methyl sites for hydroxylation is 2. The molecule has 0 radical (unpaired) electrons. The van der Waals surface area contributed by atoms with Crippen molar-refractivity contribution < 1.29 is 14.1 Å². The molecule has 0 aliphatic carbocycles. The third kappa shape index (κ3) is 3.61. The molecule has 2 aromatic heterocycles. The van der Waals surface area contributed by atoms with Gasteiger partial charge in [-0.1, -0.05) is 35.5 Å². The molecule has 0 aliphatic heterocycles. The molecule has 1 aromatic carbocycles. The van der Waals surface area contributed by atoms with Gasteiger partial charge in [-0.15, -0.1) is 11.3 Å². The number of thiophene rings is 1. The van der Waals surface area contributed by atoms with Crippen molar-refractivity contribution in [2.75, 3.05) is 5.32 Å². The third-order valence-corrected chi connectivity index (χ3v) is 4.81. The summed E-state index contributed by atoms with van der Waals surface area (Å²) in [5.74, 6) is -0.520. The molecule has 3 rings (SSSR count). The Bertz CT molecular complexity index is 909. The molecule has 0 bridgehead atoms. The van der Waals surface area contributed by atoms with Crippen LogP contribution in [-0.4, -0.2) is 17.0 Å². The number of amides is 2. The summed E-state index contributed by atoms with van der Waals surface area (Å²) in [6.45, 7) is 3.36. The molecule has 3 aromatic rings. The van der Waals surface area contributed by atoms with E-state index in [2.05, 4.69) is 10.5 Å². The van der Waals surface area contributed by atoms with E-state index in [9.17, 15) is 9.59 Å². The number of nitrogens with one attached hydrogen (secondary N) is 1. The number of hydrogen-bond donors (Lipinski definition) is 2. The summed E-state index contributed by atoms with van der Waals surface area (Å²) in [4.78, 5) is 25.2. The summed E-state index contributed by atoms with van der Waals surface area (Å²) in [5, 5.41) is 6.97. The van der Waals surface area contributed by atoms with Crippen LogP contribution in [0.4, 0.5) is 5.00 Å². The molecule has 2 heterocycles. The minimum absolute atomic E-state index is 0.302. The Balaban J connectivity index is 1.88. The van der Waals surface area contributed by atoms with E-state index in [1.807, 2.05) is 30.3 Å². The first-order valence-electron chi connectivity index (χ1n) is 7.66. The zero-order chi connectivity index (χ0) is 18.0. The molecule has 0 atom stereocenters. The highest BCUT2D eigenvalue weighted by molar-refractivity contribution is 7.16. The first kappa shape index (κ1) is 16.9. The second kappa shape index (κ2) is 6.90. The lowest BCUT2D eigenvalue weighted by Gasteiger charge is -2.03. The van der Waals surface area contributed by atoms with Crippen molar-refractivity contribution in [3.8, 4) is 0 Å². The molecule has 0 fully saturated rings. The number of benzene rings is 1. The average molecular weight is 355 g/mol. The van der Waals surface area contributed by atoms with Crippen LogP contribution in [0.25, 0.3) is 0 Å². The van der Waals surface area contributed by atoms with Crippen molar-refractivity contribution in [2.45, 2.75) is 20.3 Å². The van der Waals surface area contributed by atoms with Crippen LogP contribution in [0.1, 0.15) is 42.6 Å². The Morgan fingerprint density at radius 1 is 1.24 bits per heavy atom. The number of nitrogens with zero attached hydrogens (tertiary/aromatic N) is 1. The van der Waals surface area contributed by atoms with Gasteiger partial charge in [0.1, 0.15) is 16.3 Å². The number of carbonyl (C=O) groups is 2. The summed E-state index contributed by atoms with van der Waals surface area (Å²) >= 11 is 1.34. The minimum atomic E-state index is -0.579. The van der Waals surface area contributed by atoms with Crippen molar-refractivity contribution in [3.05, 3.63) is 69.4 Å². The summed E-state index contributed by atoms with van der Waals surface area (Å²) in [5.41, 5.74) is 7.74. The monoisotopic (exact) mass is 355 g/mol. The largest absolute Gasteiger partial charge is 0.366 e. The smallest absolute Gasteiger partial charge is 0.261 e. The normalized spacial score (nSPS) is 10.6. The molecule has 6 nitrogen and oxygen atoms in total. The van der Waals surface area contributed by atoms with Crippen LogP contribution in [-0.2, 0) is 6.42 Å². The first-order valence-corrected chi connectivity index (χ1v) is 8.48. The fourth-order valence-corrected chi connectivity index (χ4v) is 3.67. The van der Waals surface area contributed by atoms with Crippen molar-refractivity contribution in [3.63, 3.8) is 0 Å². The molecule has 3 N–H and O–H groups in total. The number of aromatic nitrogens is 1. The topological polar surface area (TPSA) is 98.2 Å². The van der Waals surface area contributed by atoms with Crippen molar-refractivity contribution in [1.29, 1.82) is 0 Å². The van der Waals surface area contributed by atoms with Gasteiger partial charge in [0.05, 0.1) is 11.3 Å². The number of primary amides is 1. The lowest BCUT2D eigenvalue weighted by atomic mass is 10.1. The van der Waals surface area contributed by atoms with Gasteiger partial charge in [-0.05, 0) is 25.5 Å². The lowest BCUT2D eigenvalue weighted by Crippen LogP contribution is -2.17. The van der Waals surface area contributed by atoms with Gasteiger partial charge in [0.15, 0.2) is 0 Å². The van der Waals surface area contributed by atoms with Gasteiger partial charge in [0, 0.05) is 11.3 Å². The first-order chi connectivity index (χ1) is 12.0. The van der Waals surface area contributed by atoms with E-state index in [0.29, 0.717) is 34.0 Å². The van der Waals surface area contributed by atoms with E-state index in [1.165, 1.54) is 11.3 Å². The molecule has 2 amide bonds. The van der Waals surface area contributed by atoms with Crippen LogP contribution in [0.15, 0.2) is 40.9 Å². The van der Waals surface area contributed by atoms with Gasteiger partial charge >= 0.3 is 0 Å². The fraction of sp³-hybridized carbons (Fsp3) is 0.167. The maximum atomic E-state index is 12.5. The van der Waals surface area contributed by atoms with Crippen molar-refractivity contribution in [2.24, 2.45) is 5.73 Å². The van der Waals surface area contributed by atoms with Gasteiger partial charge < -0.3 is 15.6 Å². The van der Waals surface area contributed by atoms with Crippen LogP contribution in [0.2, 0.25) is 0 Å². The fourth-order valence-electron chi connectivity index (χ4n) is 2.57. The number of rotatable bonds is 5. The van der Waals surface area contributed by atoms with Crippen LogP contribution in [0.3, 0.4) is 0 Å². The number of carbonyl (C=O) groups excluding carboxylic acids is 2. The highest BCUT2D eigenvalue weighted by Gasteiger charge is 2.21. The van der Waals surface area contributed by atoms with Gasteiger partial charge in [-0.25, -0.2) is 0 Å². The maximum Gasteiger partial charge on any atom is 0.261 e. The lowest BCUT2D eigenvalue weighted by molar-refractivity contribution is 0.100. The van der Waals surface area contributed by atoms with Crippen molar-refractivity contribution >= 4 is 28.2 Å². The molecule has 0 saturated carbocycles. The van der Waals surface area contributed by atoms with Gasteiger partial charge in [0.25, 0.3) is 11.8 Å². The van der Waals surface area contributed by atoms with Gasteiger partial charge in [-0.3, -0.25) is 9.59 Å². The Morgan fingerprint density at radius 3 is 2.56 bits per heavy atom. The molecular formula is C18H17N3O3S. The summed E-state index contributed by atoms with van der Waals surface area (Å²) < 4.78 is 5.02. The molecule has 7 heteroatoms. The van der Waals surface area contributed by atoms with E-state index in [-0.39, 0.29) is 5.91 Å². The Morgan fingerprint density at radius 2 is 1.96 bits per heavy atom. The predicted molar refractivity (Wildman–Crippen MR) is 96.0 cm³/mol. The Labute approximate surface area is 148 Å². The van der Waals surface area contributed by atoms with E-state index < -0.39 is 5.91 Å². The number of nitrogens with two attached hydrogens (primary N) is 1. The molecule has 25 heavy (non-hydrogen) atoms. The van der Waals surface area contributed by atoms with E-state index in [1.54, 1.807) is 19.9 Å². The molecule has 0 spiro atoms. The second-order valence-electron chi connectivity index (χ2n) is 5.64. The maximum absolute atomic E-state index is 12.5. The molecule has 128 valence electrons. The molecular weight excluding hydrogens is 338 g/mol. The Hall–Kier alpha value is -2.93. The summed E-state index contributed by atoms with van der Waals surface area (Å²) in [6.07, 6.45) is 0.660. The third-order valence-electron chi connectivity index (χ3n) is 3.76. The molecule has 0 unspecified atom stereocenters. The highest BCUT2D eigenvalue weighted by atomic mass is 32.1. The molecule has 0 saturated heterocycles. The van der Waals surface area contributed by atoms with E-state index >= 15 is 0 Å². The van der Waals surface area contributed by atoms with Gasteiger partial charge in [-0.2, -0.15) is 0 Å². The zero-order valence-corrected chi connectivity index (χ0v) is 14.6. The molecule has 0 aliphatic rings. The number of hydrogen-bond acceptors (Lipinski definition) is 5. The standard InChI is InChI=1S/C18H17N3O3S/c1-10-15(11(2)24-21-10)17(23)20-18-14(16(19)22)9-13(25-18)8-12-6-4-3-5-7-12/h3-7,9H,8H2,1-2H3,(H2,19,22)(H,20,23). The van der Waals surface area contributed by atoms with E-state index in [4.69, 9.17) is 10.3 Å². The number of anilines is 1. The van der Waals surface area contributed by atoms with Gasteiger partial charge in [0.2, 0.25) is 0 Å². The Kier molecular flexibility index (Phi) is 4.67. The highest BCUT2D eigenvalue weighted by Crippen LogP contribution is 2.30. The summed E-state index contributed by atoms with van der Waals surface area (Å²) in [7, 11) is 0. The predicted octanol–water partition coefficient (Wildman–Crippen LogP) is 3.29. The van der Waals surface area contributed by atoms with Crippen LogP contribution < -0.4 is 11.1 Å². The quantitative estimate of drug-likeness (QED) is 0.733. The average Bonchev–Trinajstić information content (AvgIpc) is 3.11. The van der Waals surface area contributed by atoms with E-state index in [0.717, 1.165) is 10.4 Å². The van der Waals surface area contributed by atoms with Crippen LogP contribution in [0.5, 0.6) is 0 Å².